The van der Waals surface area contributed by atoms with Gasteiger partial charge in [0.2, 0.25) is 12.3 Å². The van der Waals surface area contributed by atoms with Crippen molar-refractivity contribution in [1.29, 1.82) is 0 Å². The van der Waals surface area contributed by atoms with Gasteiger partial charge in [-0.1, -0.05) is 6.92 Å². The molecule has 0 rings (SSSR count). The average molecular weight is 119 g/mol. The zero-order chi connectivity index (χ0) is 6.57. The van der Waals surface area contributed by atoms with Crippen molar-refractivity contribution in [3.05, 3.63) is 0 Å². The number of hydrogen-bond acceptors (Lipinski definition) is 3. The SMILES string of the molecule is CCC(=O)NC(O)O. The minimum Gasteiger partial charge on any atom is -0.351 e. The average Bonchev–Trinajstić information content (AvgIpc) is 1.65. The van der Waals surface area contributed by atoms with Crippen molar-refractivity contribution < 1.29 is 15.0 Å². The van der Waals surface area contributed by atoms with Crippen LogP contribution in [0.5, 0.6) is 0 Å². The molecule has 3 N–H and O–H groups in total. The number of carbonyl (C=O) groups excluding carboxylic acids is 1. The molecule has 0 bridgehead atoms. The molecule has 0 heterocycles. The third kappa shape index (κ3) is 3.58. The highest BCUT2D eigenvalue weighted by molar-refractivity contribution is 5.75. The van der Waals surface area contributed by atoms with Crippen LogP contribution in [0.3, 0.4) is 0 Å². The highest BCUT2D eigenvalue weighted by atomic mass is 16.5. The molecule has 8 heavy (non-hydrogen) atoms. The summed E-state index contributed by atoms with van der Waals surface area (Å²) >= 11 is 0. The summed E-state index contributed by atoms with van der Waals surface area (Å²) in [6.45, 7) is 1.62. The Bertz CT molecular complexity index is 81.4. The van der Waals surface area contributed by atoms with Gasteiger partial charge in [-0.05, 0) is 0 Å². The summed E-state index contributed by atoms with van der Waals surface area (Å²) in [5, 5.41) is 18.0. The Morgan fingerprint density at radius 3 is 2.38 bits per heavy atom. The minimum atomic E-state index is -1.72. The first kappa shape index (κ1) is 7.39. The molecule has 0 saturated carbocycles. The molecular formula is C4H9NO3. The van der Waals surface area contributed by atoms with Gasteiger partial charge >= 0.3 is 0 Å². The molecule has 0 atom stereocenters. The fourth-order valence-corrected chi connectivity index (χ4v) is 0.246. The van der Waals surface area contributed by atoms with Gasteiger partial charge in [-0.3, -0.25) is 4.79 Å². The van der Waals surface area contributed by atoms with E-state index in [0.29, 0.717) is 0 Å². The molecule has 4 nitrogen and oxygen atoms in total. The molecule has 0 aliphatic carbocycles. The lowest BCUT2D eigenvalue weighted by Gasteiger charge is -2.02. The van der Waals surface area contributed by atoms with Gasteiger partial charge in [0.15, 0.2) is 0 Å². The van der Waals surface area contributed by atoms with E-state index in [4.69, 9.17) is 10.2 Å². The van der Waals surface area contributed by atoms with E-state index < -0.39 is 6.41 Å². The molecule has 0 saturated heterocycles. The van der Waals surface area contributed by atoms with Gasteiger partial charge in [-0.15, -0.1) is 0 Å². The lowest BCUT2D eigenvalue weighted by atomic mass is 10.5. The number of aliphatic hydroxyl groups excluding tert-OH is 1. The Kier molecular flexibility index (Phi) is 3.14. The fourth-order valence-electron chi connectivity index (χ4n) is 0.246. The summed E-state index contributed by atoms with van der Waals surface area (Å²) in [7, 11) is 0. The highest BCUT2D eigenvalue weighted by Gasteiger charge is 1.99. The van der Waals surface area contributed by atoms with Crippen molar-refractivity contribution in [3.8, 4) is 0 Å². The molecule has 0 aliphatic heterocycles. The maximum atomic E-state index is 10.2. The Labute approximate surface area is 47.1 Å². The van der Waals surface area contributed by atoms with Crippen LogP contribution in [0.15, 0.2) is 0 Å². The molecule has 48 valence electrons. The third-order valence-electron chi connectivity index (χ3n) is 0.611. The van der Waals surface area contributed by atoms with Gasteiger partial charge in [0, 0.05) is 6.42 Å². The topological polar surface area (TPSA) is 69.6 Å². The number of rotatable bonds is 2. The summed E-state index contributed by atoms with van der Waals surface area (Å²) in [6.07, 6.45) is -1.46. The Morgan fingerprint density at radius 1 is 1.75 bits per heavy atom. The van der Waals surface area contributed by atoms with Crippen LogP contribution in [0.2, 0.25) is 0 Å². The van der Waals surface area contributed by atoms with Crippen molar-refractivity contribution in [1.82, 2.24) is 5.32 Å². The van der Waals surface area contributed by atoms with Crippen molar-refractivity contribution in [2.24, 2.45) is 0 Å². The second-order valence-electron chi connectivity index (χ2n) is 1.29. The van der Waals surface area contributed by atoms with E-state index >= 15 is 0 Å². The lowest BCUT2D eigenvalue weighted by Crippen LogP contribution is -2.33. The maximum Gasteiger partial charge on any atom is 0.235 e. The monoisotopic (exact) mass is 119 g/mol. The van der Waals surface area contributed by atoms with Crippen molar-refractivity contribution >= 4 is 5.91 Å². The lowest BCUT2D eigenvalue weighted by molar-refractivity contribution is -0.133. The van der Waals surface area contributed by atoms with E-state index in [-0.39, 0.29) is 12.3 Å². The van der Waals surface area contributed by atoms with Gasteiger partial charge in [0.1, 0.15) is 0 Å². The van der Waals surface area contributed by atoms with Crippen LogP contribution in [-0.2, 0) is 4.79 Å². The molecule has 0 radical (unpaired) electrons. The van der Waals surface area contributed by atoms with Crippen LogP contribution in [0.25, 0.3) is 0 Å². The zero-order valence-electron chi connectivity index (χ0n) is 4.59. The summed E-state index contributed by atoms with van der Waals surface area (Å²) < 4.78 is 0. The maximum absolute atomic E-state index is 10.2. The summed E-state index contributed by atoms with van der Waals surface area (Å²) in [5.41, 5.74) is 0. The molecule has 4 heteroatoms. The fraction of sp³-hybridized carbons (Fsp3) is 0.750. The van der Waals surface area contributed by atoms with Gasteiger partial charge < -0.3 is 15.5 Å². The van der Waals surface area contributed by atoms with Gasteiger partial charge in [-0.25, -0.2) is 0 Å². The van der Waals surface area contributed by atoms with Crippen LogP contribution < -0.4 is 5.32 Å². The number of hydrogen-bond donors (Lipinski definition) is 3. The van der Waals surface area contributed by atoms with Gasteiger partial charge in [0.05, 0.1) is 0 Å². The van der Waals surface area contributed by atoms with E-state index in [9.17, 15) is 4.79 Å². The van der Waals surface area contributed by atoms with E-state index in [1.807, 2.05) is 5.32 Å². The molecule has 0 aromatic rings. The molecule has 0 aliphatic rings. The predicted octanol–water partition coefficient (Wildman–Crippen LogP) is -1.22. The first-order valence-electron chi connectivity index (χ1n) is 2.32. The number of amides is 1. The molecule has 0 spiro atoms. The van der Waals surface area contributed by atoms with Crippen molar-refractivity contribution in [3.63, 3.8) is 0 Å². The highest BCUT2D eigenvalue weighted by Crippen LogP contribution is 1.74. The largest absolute Gasteiger partial charge is 0.351 e. The van der Waals surface area contributed by atoms with Gasteiger partial charge in [-0.2, -0.15) is 0 Å². The smallest absolute Gasteiger partial charge is 0.235 e. The Morgan fingerprint density at radius 2 is 2.25 bits per heavy atom. The van der Waals surface area contributed by atoms with Crippen LogP contribution in [0.1, 0.15) is 13.3 Å². The molecule has 0 aromatic carbocycles. The molecule has 0 unspecified atom stereocenters. The number of carbonyl (C=O) groups is 1. The zero-order valence-corrected chi connectivity index (χ0v) is 4.59. The minimum absolute atomic E-state index is 0.262. The second kappa shape index (κ2) is 3.40. The molecule has 1 amide bonds. The van der Waals surface area contributed by atoms with Crippen molar-refractivity contribution in [2.45, 2.75) is 19.8 Å². The summed E-state index contributed by atoms with van der Waals surface area (Å²) in [4.78, 5) is 10.2. The second-order valence-corrected chi connectivity index (χ2v) is 1.29. The normalized spacial score (nSPS) is 9.50. The van der Waals surface area contributed by atoms with Crippen LogP contribution >= 0.6 is 0 Å². The van der Waals surface area contributed by atoms with Crippen LogP contribution in [-0.4, -0.2) is 22.5 Å². The Hall–Kier alpha value is -0.610. The van der Waals surface area contributed by atoms with Gasteiger partial charge in [0.25, 0.3) is 0 Å². The van der Waals surface area contributed by atoms with Crippen LogP contribution in [0, 0.1) is 0 Å². The Balaban J connectivity index is 3.25. The first-order valence-corrected chi connectivity index (χ1v) is 2.32. The first-order chi connectivity index (χ1) is 3.66. The van der Waals surface area contributed by atoms with E-state index in [1.165, 1.54) is 0 Å². The third-order valence-corrected chi connectivity index (χ3v) is 0.611. The summed E-state index contributed by atoms with van der Waals surface area (Å²) in [6, 6.07) is 0. The van der Waals surface area contributed by atoms with E-state index in [1.54, 1.807) is 6.92 Å². The predicted molar refractivity (Wildman–Crippen MR) is 26.7 cm³/mol. The molecular weight excluding hydrogens is 110 g/mol. The van der Waals surface area contributed by atoms with Crippen molar-refractivity contribution in [2.75, 3.05) is 0 Å². The number of aliphatic hydroxyl groups is 2. The quantitative estimate of drug-likeness (QED) is 0.399. The molecule has 0 fully saturated rings. The number of nitrogens with one attached hydrogen (secondary N) is 1. The van der Waals surface area contributed by atoms with E-state index in [0.717, 1.165) is 0 Å². The summed E-state index contributed by atoms with van der Waals surface area (Å²) in [5.74, 6) is -0.375. The standard InChI is InChI=1S/C4H9NO3/c1-2-3(6)5-4(7)8/h4,7-8H,2H2,1H3,(H,5,6). The van der Waals surface area contributed by atoms with Crippen LogP contribution in [0.4, 0.5) is 0 Å². The molecule has 0 aromatic heterocycles. The van der Waals surface area contributed by atoms with E-state index in [2.05, 4.69) is 0 Å².